The molecule has 0 bridgehead atoms. The number of likely N-dealkylation sites (tertiary alicyclic amines) is 1. The number of carbonyl (C=O) groups is 2. The third-order valence-electron chi connectivity index (χ3n) is 5.23. The van der Waals surface area contributed by atoms with Crippen LogP contribution in [0.25, 0.3) is 0 Å². The van der Waals surface area contributed by atoms with E-state index < -0.39 is 0 Å². The summed E-state index contributed by atoms with van der Waals surface area (Å²) in [6.45, 7) is 2.51. The molecule has 1 N–H and O–H groups in total. The van der Waals surface area contributed by atoms with Crippen LogP contribution in [0.1, 0.15) is 63.0 Å². The fourth-order valence-corrected chi connectivity index (χ4v) is 3.55. The van der Waals surface area contributed by atoms with Gasteiger partial charge in [-0.05, 0) is 64.0 Å². The molecule has 0 spiro atoms. The van der Waals surface area contributed by atoms with Gasteiger partial charge >= 0.3 is 0 Å². The topological polar surface area (TPSA) is 52.7 Å². The van der Waals surface area contributed by atoms with Gasteiger partial charge in [-0.3, -0.25) is 9.59 Å². The maximum atomic E-state index is 13.2. The van der Waals surface area contributed by atoms with Gasteiger partial charge in [0.05, 0.1) is 6.04 Å². The minimum Gasteiger partial charge on any atom is -0.349 e. The lowest BCUT2D eigenvalue weighted by atomic mass is 10.0. The second-order valence-electron chi connectivity index (χ2n) is 7.91. The molecule has 5 nitrogen and oxygen atoms in total. The van der Waals surface area contributed by atoms with Crippen molar-refractivity contribution in [3.63, 3.8) is 0 Å². The fourth-order valence-electron chi connectivity index (χ4n) is 3.55. The molecular weight excluding hydrogens is 357 g/mol. The molecule has 0 aliphatic carbocycles. The van der Waals surface area contributed by atoms with Crippen LogP contribution in [0, 0.1) is 5.82 Å². The standard InChI is InChI=1S/C22H34FN3O2/c1-25(2)17-14-20(18-10-12-19(23)13-11-18)24-21(27)8-7-9-22(28)26-15-5-3-4-6-16-26/h10-13,20H,3-9,14-17H2,1-2H3,(H,24,27). The largest absolute Gasteiger partial charge is 0.349 e. The van der Waals surface area contributed by atoms with Crippen molar-refractivity contribution in [3.05, 3.63) is 35.6 Å². The molecule has 1 heterocycles. The summed E-state index contributed by atoms with van der Waals surface area (Å²) < 4.78 is 13.2. The van der Waals surface area contributed by atoms with Crippen molar-refractivity contribution in [2.45, 2.75) is 57.4 Å². The molecule has 1 unspecified atom stereocenters. The molecule has 1 fully saturated rings. The molecular formula is C22H34FN3O2. The summed E-state index contributed by atoms with van der Waals surface area (Å²) in [5.74, 6) is -0.178. The first kappa shape index (κ1) is 22.3. The van der Waals surface area contributed by atoms with Gasteiger partial charge in [-0.25, -0.2) is 4.39 Å². The van der Waals surface area contributed by atoms with Crippen molar-refractivity contribution >= 4 is 11.8 Å². The summed E-state index contributed by atoms with van der Waals surface area (Å²) in [6.07, 6.45) is 6.62. The van der Waals surface area contributed by atoms with Crippen LogP contribution < -0.4 is 5.32 Å². The molecule has 0 aromatic heterocycles. The number of hydrogen-bond donors (Lipinski definition) is 1. The van der Waals surface area contributed by atoms with Gasteiger partial charge in [0.2, 0.25) is 11.8 Å². The minimum atomic E-state index is -0.284. The van der Waals surface area contributed by atoms with Crippen LogP contribution in [0.5, 0.6) is 0 Å². The highest BCUT2D eigenvalue weighted by molar-refractivity contribution is 5.79. The highest BCUT2D eigenvalue weighted by Gasteiger charge is 2.18. The predicted molar refractivity (Wildman–Crippen MR) is 109 cm³/mol. The predicted octanol–water partition coefficient (Wildman–Crippen LogP) is 3.51. The summed E-state index contributed by atoms with van der Waals surface area (Å²) in [5, 5.41) is 3.06. The van der Waals surface area contributed by atoms with Gasteiger partial charge in [-0.15, -0.1) is 0 Å². The third kappa shape index (κ3) is 7.97. The maximum Gasteiger partial charge on any atom is 0.222 e. The first-order valence-corrected chi connectivity index (χ1v) is 10.4. The number of nitrogens with one attached hydrogen (secondary N) is 1. The van der Waals surface area contributed by atoms with Crippen molar-refractivity contribution < 1.29 is 14.0 Å². The van der Waals surface area contributed by atoms with E-state index in [1.165, 1.54) is 25.0 Å². The van der Waals surface area contributed by atoms with Crippen LogP contribution in [0.4, 0.5) is 4.39 Å². The molecule has 28 heavy (non-hydrogen) atoms. The smallest absolute Gasteiger partial charge is 0.222 e. The van der Waals surface area contributed by atoms with E-state index in [1.54, 1.807) is 12.1 Å². The molecule has 1 aliphatic rings. The zero-order valence-electron chi connectivity index (χ0n) is 17.3. The van der Waals surface area contributed by atoms with E-state index in [9.17, 15) is 14.0 Å². The van der Waals surface area contributed by atoms with Crippen molar-refractivity contribution in [2.24, 2.45) is 0 Å². The van der Waals surface area contributed by atoms with Crippen LogP contribution in [0.15, 0.2) is 24.3 Å². The Morgan fingerprint density at radius 1 is 1.07 bits per heavy atom. The Labute approximate surface area is 168 Å². The number of hydrogen-bond acceptors (Lipinski definition) is 3. The van der Waals surface area contributed by atoms with E-state index in [4.69, 9.17) is 0 Å². The van der Waals surface area contributed by atoms with Crippen LogP contribution in [0.3, 0.4) is 0 Å². The zero-order valence-corrected chi connectivity index (χ0v) is 17.3. The maximum absolute atomic E-state index is 13.2. The lowest BCUT2D eigenvalue weighted by molar-refractivity contribution is -0.131. The van der Waals surface area contributed by atoms with Crippen LogP contribution in [-0.4, -0.2) is 55.3 Å². The average molecular weight is 392 g/mol. The van der Waals surface area contributed by atoms with Crippen LogP contribution >= 0.6 is 0 Å². The summed E-state index contributed by atoms with van der Waals surface area (Å²) in [6, 6.07) is 6.13. The SMILES string of the molecule is CN(C)CCC(NC(=O)CCCC(=O)N1CCCCCC1)c1ccc(F)cc1. The number of amides is 2. The number of carbonyl (C=O) groups excluding carboxylic acids is 2. The van der Waals surface area contributed by atoms with E-state index in [2.05, 4.69) is 10.2 Å². The van der Waals surface area contributed by atoms with Crippen molar-refractivity contribution in [2.75, 3.05) is 33.7 Å². The molecule has 0 saturated carbocycles. The molecule has 1 aromatic rings. The summed E-state index contributed by atoms with van der Waals surface area (Å²) in [5.41, 5.74) is 0.900. The van der Waals surface area contributed by atoms with Gasteiger partial charge < -0.3 is 15.1 Å². The molecule has 156 valence electrons. The molecule has 1 aliphatic heterocycles. The Bertz CT molecular complexity index is 611. The van der Waals surface area contributed by atoms with Crippen molar-refractivity contribution in [1.82, 2.24) is 15.1 Å². The van der Waals surface area contributed by atoms with E-state index in [-0.39, 0.29) is 23.7 Å². The van der Waals surface area contributed by atoms with Crippen LogP contribution in [0.2, 0.25) is 0 Å². The van der Waals surface area contributed by atoms with Crippen molar-refractivity contribution in [1.29, 1.82) is 0 Å². The Morgan fingerprint density at radius 3 is 2.32 bits per heavy atom. The summed E-state index contributed by atoms with van der Waals surface area (Å²) >= 11 is 0. The molecule has 2 amide bonds. The lowest BCUT2D eigenvalue weighted by Gasteiger charge is -2.22. The Hall–Kier alpha value is -1.95. The fraction of sp³-hybridized carbons (Fsp3) is 0.636. The van der Waals surface area contributed by atoms with E-state index >= 15 is 0 Å². The highest BCUT2D eigenvalue weighted by atomic mass is 19.1. The Morgan fingerprint density at radius 2 is 1.71 bits per heavy atom. The van der Waals surface area contributed by atoms with Gasteiger partial charge in [0.15, 0.2) is 0 Å². The zero-order chi connectivity index (χ0) is 20.4. The van der Waals surface area contributed by atoms with Gasteiger partial charge in [-0.1, -0.05) is 25.0 Å². The first-order valence-electron chi connectivity index (χ1n) is 10.4. The third-order valence-corrected chi connectivity index (χ3v) is 5.23. The van der Waals surface area contributed by atoms with Crippen molar-refractivity contribution in [3.8, 4) is 0 Å². The van der Waals surface area contributed by atoms with Gasteiger partial charge in [-0.2, -0.15) is 0 Å². The van der Waals surface area contributed by atoms with E-state index in [0.717, 1.165) is 44.5 Å². The molecule has 1 saturated heterocycles. The normalized spacial score (nSPS) is 15.9. The number of benzene rings is 1. The van der Waals surface area contributed by atoms with Crippen LogP contribution in [-0.2, 0) is 9.59 Å². The Balaban J connectivity index is 1.81. The molecule has 2 rings (SSSR count). The van der Waals surface area contributed by atoms with Gasteiger partial charge in [0.25, 0.3) is 0 Å². The second kappa shape index (κ2) is 11.8. The molecule has 6 heteroatoms. The Kier molecular flexibility index (Phi) is 9.41. The highest BCUT2D eigenvalue weighted by Crippen LogP contribution is 2.18. The monoisotopic (exact) mass is 391 g/mol. The van der Waals surface area contributed by atoms with E-state index in [0.29, 0.717) is 19.3 Å². The summed E-state index contributed by atoms with van der Waals surface area (Å²) in [7, 11) is 3.97. The van der Waals surface area contributed by atoms with E-state index in [1.807, 2.05) is 19.0 Å². The lowest BCUT2D eigenvalue weighted by Crippen LogP contribution is -2.33. The number of halogens is 1. The average Bonchev–Trinajstić information content (AvgIpc) is 2.95. The molecule has 1 atom stereocenters. The minimum absolute atomic E-state index is 0.0586. The second-order valence-corrected chi connectivity index (χ2v) is 7.91. The number of rotatable bonds is 9. The van der Waals surface area contributed by atoms with Gasteiger partial charge in [0.1, 0.15) is 5.82 Å². The number of nitrogens with zero attached hydrogens (tertiary/aromatic N) is 2. The first-order chi connectivity index (χ1) is 13.5. The molecule has 0 radical (unpaired) electrons. The molecule has 1 aromatic carbocycles. The quantitative estimate of drug-likeness (QED) is 0.701. The van der Waals surface area contributed by atoms with Gasteiger partial charge in [0, 0.05) is 25.9 Å². The summed E-state index contributed by atoms with van der Waals surface area (Å²) in [4.78, 5) is 28.8.